The Morgan fingerprint density at radius 1 is 1.40 bits per heavy atom. The Balaban J connectivity index is 1.84. The van der Waals surface area contributed by atoms with Crippen LogP contribution in [0.25, 0.3) is 0 Å². The van der Waals surface area contributed by atoms with E-state index in [1.165, 1.54) is 19.3 Å². The van der Waals surface area contributed by atoms with Crippen LogP contribution in [-0.4, -0.2) is 17.4 Å². The summed E-state index contributed by atoms with van der Waals surface area (Å²) in [4.78, 5) is 10.1. The first-order chi connectivity index (χ1) is 4.79. The summed E-state index contributed by atoms with van der Waals surface area (Å²) in [6, 6.07) is 0. The van der Waals surface area contributed by atoms with Crippen LogP contribution in [0.5, 0.6) is 0 Å². The van der Waals surface area contributed by atoms with Crippen molar-refractivity contribution < 1.29 is 14.6 Å². The summed E-state index contributed by atoms with van der Waals surface area (Å²) in [7, 11) is 0. The standard InChI is InChI=1S/C7H10O3/c8-7(9)10-6-4-2-1-3-5(4)6/h4-6H,1-3H2,(H,8,9). The first-order valence-electron chi connectivity index (χ1n) is 3.68. The predicted octanol–water partition coefficient (Wildman–Crippen LogP) is 1.48. The number of hydrogen-bond acceptors (Lipinski definition) is 2. The number of rotatable bonds is 1. The summed E-state index contributed by atoms with van der Waals surface area (Å²) >= 11 is 0. The molecule has 0 spiro atoms. The average Bonchev–Trinajstić information content (AvgIpc) is 2.40. The molecule has 2 atom stereocenters. The molecule has 0 amide bonds. The lowest BCUT2D eigenvalue weighted by atomic mass is 10.2. The fraction of sp³-hybridized carbons (Fsp3) is 0.857. The maximum absolute atomic E-state index is 10.1. The van der Waals surface area contributed by atoms with Gasteiger partial charge in [0.25, 0.3) is 0 Å². The molecule has 0 saturated heterocycles. The lowest BCUT2D eigenvalue weighted by Gasteiger charge is -2.00. The summed E-state index contributed by atoms with van der Waals surface area (Å²) in [5, 5.41) is 8.26. The molecule has 56 valence electrons. The van der Waals surface area contributed by atoms with Gasteiger partial charge in [-0.1, -0.05) is 6.42 Å². The summed E-state index contributed by atoms with van der Waals surface area (Å²) in [6.07, 6.45) is 2.55. The second-order valence-electron chi connectivity index (χ2n) is 3.11. The second kappa shape index (κ2) is 1.87. The minimum absolute atomic E-state index is 0.0613. The summed E-state index contributed by atoms with van der Waals surface area (Å²) < 4.78 is 4.64. The largest absolute Gasteiger partial charge is 0.506 e. The fourth-order valence-electron chi connectivity index (χ4n) is 2.05. The van der Waals surface area contributed by atoms with E-state index in [4.69, 9.17) is 5.11 Å². The van der Waals surface area contributed by atoms with E-state index in [2.05, 4.69) is 4.74 Å². The van der Waals surface area contributed by atoms with Gasteiger partial charge < -0.3 is 9.84 Å². The molecule has 0 heterocycles. The smallest absolute Gasteiger partial charge is 0.450 e. The second-order valence-corrected chi connectivity index (χ2v) is 3.11. The van der Waals surface area contributed by atoms with Crippen molar-refractivity contribution >= 4 is 6.16 Å². The van der Waals surface area contributed by atoms with Gasteiger partial charge in [-0.2, -0.15) is 0 Å². The highest BCUT2D eigenvalue weighted by Gasteiger charge is 2.55. The first kappa shape index (κ1) is 6.01. The predicted molar refractivity (Wildman–Crippen MR) is 33.7 cm³/mol. The zero-order valence-corrected chi connectivity index (χ0v) is 5.62. The van der Waals surface area contributed by atoms with Crippen molar-refractivity contribution in [1.29, 1.82) is 0 Å². The van der Waals surface area contributed by atoms with Gasteiger partial charge in [-0.15, -0.1) is 0 Å². The number of carboxylic acid groups (broad SMARTS) is 1. The molecule has 2 saturated carbocycles. The molecule has 0 radical (unpaired) electrons. The minimum atomic E-state index is -1.11. The average molecular weight is 142 g/mol. The molecule has 0 aromatic rings. The number of ether oxygens (including phenoxy) is 1. The van der Waals surface area contributed by atoms with E-state index in [0.29, 0.717) is 11.8 Å². The van der Waals surface area contributed by atoms with Crippen LogP contribution in [0.2, 0.25) is 0 Å². The molecule has 10 heavy (non-hydrogen) atoms. The molecule has 0 aromatic carbocycles. The van der Waals surface area contributed by atoms with Crippen LogP contribution in [-0.2, 0) is 4.74 Å². The van der Waals surface area contributed by atoms with E-state index in [-0.39, 0.29) is 6.10 Å². The van der Waals surface area contributed by atoms with Crippen molar-refractivity contribution in [2.45, 2.75) is 25.4 Å². The van der Waals surface area contributed by atoms with E-state index < -0.39 is 6.16 Å². The van der Waals surface area contributed by atoms with Crippen molar-refractivity contribution in [3.8, 4) is 0 Å². The Kier molecular flexibility index (Phi) is 1.13. The molecule has 3 heteroatoms. The molecule has 0 aromatic heterocycles. The summed E-state index contributed by atoms with van der Waals surface area (Å²) in [5.41, 5.74) is 0. The molecule has 2 aliphatic rings. The van der Waals surface area contributed by atoms with Gasteiger partial charge in [-0.05, 0) is 12.8 Å². The van der Waals surface area contributed by atoms with Crippen LogP contribution >= 0.6 is 0 Å². The maximum Gasteiger partial charge on any atom is 0.506 e. The van der Waals surface area contributed by atoms with Crippen molar-refractivity contribution in [3.05, 3.63) is 0 Å². The Morgan fingerprint density at radius 2 is 2.00 bits per heavy atom. The van der Waals surface area contributed by atoms with Crippen LogP contribution in [0.4, 0.5) is 4.79 Å². The van der Waals surface area contributed by atoms with Gasteiger partial charge in [0.05, 0.1) is 0 Å². The molecular weight excluding hydrogens is 132 g/mol. The van der Waals surface area contributed by atoms with Crippen molar-refractivity contribution in [1.82, 2.24) is 0 Å². The topological polar surface area (TPSA) is 46.5 Å². The van der Waals surface area contributed by atoms with Gasteiger partial charge in [0.2, 0.25) is 0 Å². The van der Waals surface area contributed by atoms with Gasteiger partial charge in [0.1, 0.15) is 6.10 Å². The van der Waals surface area contributed by atoms with Gasteiger partial charge in [0, 0.05) is 11.8 Å². The van der Waals surface area contributed by atoms with E-state index >= 15 is 0 Å². The molecule has 0 bridgehead atoms. The van der Waals surface area contributed by atoms with Gasteiger partial charge in [0.15, 0.2) is 0 Å². The van der Waals surface area contributed by atoms with Crippen molar-refractivity contribution in [2.75, 3.05) is 0 Å². The molecule has 0 aliphatic heterocycles. The van der Waals surface area contributed by atoms with Crippen molar-refractivity contribution in [2.24, 2.45) is 11.8 Å². The molecule has 3 nitrogen and oxygen atoms in total. The molecule has 2 aliphatic carbocycles. The maximum atomic E-state index is 10.1. The highest BCUT2D eigenvalue weighted by molar-refractivity contribution is 5.57. The normalized spacial score (nSPS) is 42.6. The van der Waals surface area contributed by atoms with Gasteiger partial charge in [-0.3, -0.25) is 0 Å². The van der Waals surface area contributed by atoms with Gasteiger partial charge >= 0.3 is 6.16 Å². The monoisotopic (exact) mass is 142 g/mol. The van der Waals surface area contributed by atoms with Crippen LogP contribution < -0.4 is 0 Å². The molecule has 2 fully saturated rings. The van der Waals surface area contributed by atoms with Gasteiger partial charge in [-0.25, -0.2) is 4.79 Å². The van der Waals surface area contributed by atoms with Crippen molar-refractivity contribution in [3.63, 3.8) is 0 Å². The van der Waals surface area contributed by atoms with E-state index in [1.54, 1.807) is 0 Å². The van der Waals surface area contributed by atoms with Crippen LogP contribution in [0, 0.1) is 11.8 Å². The third-order valence-corrected chi connectivity index (χ3v) is 2.56. The molecular formula is C7H10O3. The number of hydrogen-bond donors (Lipinski definition) is 1. The highest BCUT2D eigenvalue weighted by Crippen LogP contribution is 2.53. The molecule has 1 N–H and O–H groups in total. The number of fused-ring (bicyclic) bond motifs is 1. The lowest BCUT2D eigenvalue weighted by Crippen LogP contribution is -2.06. The first-order valence-corrected chi connectivity index (χ1v) is 3.68. The minimum Gasteiger partial charge on any atom is -0.450 e. The lowest BCUT2D eigenvalue weighted by molar-refractivity contribution is 0.0739. The van der Waals surface area contributed by atoms with E-state index in [9.17, 15) is 4.79 Å². The zero-order valence-electron chi connectivity index (χ0n) is 5.62. The fourth-order valence-corrected chi connectivity index (χ4v) is 2.05. The Hall–Kier alpha value is -0.730. The summed E-state index contributed by atoms with van der Waals surface area (Å²) in [5.74, 6) is 1.16. The molecule has 2 unspecified atom stereocenters. The van der Waals surface area contributed by atoms with Crippen LogP contribution in [0.3, 0.4) is 0 Å². The Morgan fingerprint density at radius 3 is 2.50 bits per heavy atom. The van der Waals surface area contributed by atoms with Crippen LogP contribution in [0.15, 0.2) is 0 Å². The third-order valence-electron chi connectivity index (χ3n) is 2.56. The Bertz CT molecular complexity index is 156. The van der Waals surface area contributed by atoms with E-state index in [0.717, 1.165) is 0 Å². The molecule has 2 rings (SSSR count). The van der Waals surface area contributed by atoms with E-state index in [1.807, 2.05) is 0 Å². The summed E-state index contributed by atoms with van der Waals surface area (Å²) in [6.45, 7) is 0. The number of carbonyl (C=O) groups is 1. The SMILES string of the molecule is O=C(O)OC1C2CCCC21. The highest BCUT2D eigenvalue weighted by atomic mass is 16.7. The third kappa shape index (κ3) is 0.770. The zero-order chi connectivity index (χ0) is 7.14. The van der Waals surface area contributed by atoms with Crippen LogP contribution in [0.1, 0.15) is 19.3 Å². The quantitative estimate of drug-likeness (QED) is 0.564. The Labute approximate surface area is 59.0 Å².